The molecule has 1 fully saturated rings. The number of amides is 2. The Morgan fingerprint density at radius 2 is 1.54 bits per heavy atom. The van der Waals surface area contributed by atoms with Crippen molar-refractivity contribution >= 4 is 11.8 Å². The van der Waals surface area contributed by atoms with Gasteiger partial charge in [-0.2, -0.15) is 0 Å². The van der Waals surface area contributed by atoms with Crippen molar-refractivity contribution in [1.82, 2.24) is 9.80 Å². The second-order valence-electron chi connectivity index (χ2n) is 6.77. The van der Waals surface area contributed by atoms with Gasteiger partial charge in [-0.3, -0.25) is 9.59 Å². The molecule has 1 heterocycles. The summed E-state index contributed by atoms with van der Waals surface area (Å²) in [6.07, 6.45) is 1.48. The predicted octanol–water partition coefficient (Wildman–Crippen LogP) is 3.59. The van der Waals surface area contributed by atoms with Gasteiger partial charge in [0.15, 0.2) is 0 Å². The standard InChI is InChI=1S/C22H26N2O2/c1-2-23(17-18-9-5-3-6-10-18)21(25)20-13-15-24(16-14-20)22(26)19-11-7-4-8-12-19/h3-12,20H,2,13-17H2,1H3. The molecule has 3 rings (SSSR count). The zero-order valence-corrected chi connectivity index (χ0v) is 15.3. The summed E-state index contributed by atoms with van der Waals surface area (Å²) in [7, 11) is 0. The van der Waals surface area contributed by atoms with Crippen LogP contribution in [-0.2, 0) is 11.3 Å². The molecule has 0 aromatic heterocycles. The maximum Gasteiger partial charge on any atom is 0.253 e. The Labute approximate surface area is 155 Å². The molecule has 0 atom stereocenters. The monoisotopic (exact) mass is 350 g/mol. The van der Waals surface area contributed by atoms with Crippen molar-refractivity contribution < 1.29 is 9.59 Å². The number of nitrogens with zero attached hydrogens (tertiary/aromatic N) is 2. The maximum atomic E-state index is 12.9. The van der Waals surface area contributed by atoms with Gasteiger partial charge in [0.2, 0.25) is 5.91 Å². The Kier molecular flexibility index (Phi) is 6.05. The number of likely N-dealkylation sites (tertiary alicyclic amines) is 1. The summed E-state index contributed by atoms with van der Waals surface area (Å²) >= 11 is 0. The van der Waals surface area contributed by atoms with Gasteiger partial charge in [-0.25, -0.2) is 0 Å². The molecule has 1 aliphatic heterocycles. The van der Waals surface area contributed by atoms with E-state index in [0.29, 0.717) is 26.2 Å². The first-order valence-corrected chi connectivity index (χ1v) is 9.36. The van der Waals surface area contributed by atoms with Gasteiger partial charge in [-0.05, 0) is 37.5 Å². The number of rotatable bonds is 5. The van der Waals surface area contributed by atoms with Crippen molar-refractivity contribution in [3.63, 3.8) is 0 Å². The van der Waals surface area contributed by atoms with E-state index in [1.807, 2.05) is 65.3 Å². The van der Waals surface area contributed by atoms with E-state index >= 15 is 0 Å². The van der Waals surface area contributed by atoms with E-state index < -0.39 is 0 Å². The van der Waals surface area contributed by atoms with Gasteiger partial charge in [-0.15, -0.1) is 0 Å². The maximum absolute atomic E-state index is 12.9. The van der Waals surface area contributed by atoms with Gasteiger partial charge in [0, 0.05) is 37.7 Å². The molecule has 0 bridgehead atoms. The molecule has 0 unspecified atom stereocenters. The lowest BCUT2D eigenvalue weighted by molar-refractivity contribution is -0.137. The third-order valence-electron chi connectivity index (χ3n) is 5.06. The lowest BCUT2D eigenvalue weighted by Crippen LogP contribution is -2.44. The number of hydrogen-bond donors (Lipinski definition) is 0. The molecule has 2 aromatic carbocycles. The second kappa shape index (κ2) is 8.65. The zero-order valence-electron chi connectivity index (χ0n) is 15.3. The first kappa shape index (κ1) is 18.2. The van der Waals surface area contributed by atoms with Crippen molar-refractivity contribution in [2.24, 2.45) is 5.92 Å². The molecule has 26 heavy (non-hydrogen) atoms. The van der Waals surface area contributed by atoms with Gasteiger partial charge in [-0.1, -0.05) is 48.5 Å². The van der Waals surface area contributed by atoms with E-state index in [9.17, 15) is 9.59 Å². The molecule has 0 spiro atoms. The van der Waals surface area contributed by atoms with Gasteiger partial charge < -0.3 is 9.80 Å². The Hall–Kier alpha value is -2.62. The molecule has 136 valence electrons. The number of carbonyl (C=O) groups excluding carboxylic acids is 2. The average Bonchev–Trinajstić information content (AvgIpc) is 2.72. The average molecular weight is 350 g/mol. The van der Waals surface area contributed by atoms with E-state index in [0.717, 1.165) is 24.0 Å². The third kappa shape index (κ3) is 4.31. The fraction of sp³-hybridized carbons (Fsp3) is 0.364. The highest BCUT2D eigenvalue weighted by atomic mass is 16.2. The molecule has 4 nitrogen and oxygen atoms in total. The van der Waals surface area contributed by atoms with Gasteiger partial charge in [0.05, 0.1) is 0 Å². The summed E-state index contributed by atoms with van der Waals surface area (Å²) in [5.74, 6) is 0.287. The van der Waals surface area contributed by atoms with Crippen LogP contribution in [-0.4, -0.2) is 41.2 Å². The largest absolute Gasteiger partial charge is 0.339 e. The van der Waals surface area contributed by atoms with Crippen molar-refractivity contribution in [2.45, 2.75) is 26.3 Å². The third-order valence-corrected chi connectivity index (χ3v) is 5.06. The van der Waals surface area contributed by atoms with E-state index in [1.54, 1.807) is 0 Å². The van der Waals surface area contributed by atoms with Crippen LogP contribution in [0.3, 0.4) is 0 Å². The number of hydrogen-bond acceptors (Lipinski definition) is 2. The Morgan fingerprint density at radius 1 is 0.962 bits per heavy atom. The Balaban J connectivity index is 1.56. The summed E-state index contributed by atoms with van der Waals surface area (Å²) in [5.41, 5.74) is 1.87. The summed E-state index contributed by atoms with van der Waals surface area (Å²) < 4.78 is 0. The predicted molar refractivity (Wildman–Crippen MR) is 103 cm³/mol. The van der Waals surface area contributed by atoms with Crippen LogP contribution in [0.25, 0.3) is 0 Å². The first-order valence-electron chi connectivity index (χ1n) is 9.36. The first-order chi connectivity index (χ1) is 12.7. The number of benzene rings is 2. The zero-order chi connectivity index (χ0) is 18.4. The van der Waals surface area contributed by atoms with E-state index in [1.165, 1.54) is 0 Å². The normalized spacial score (nSPS) is 14.9. The molecule has 0 radical (unpaired) electrons. The molecule has 0 saturated carbocycles. The Morgan fingerprint density at radius 3 is 2.12 bits per heavy atom. The smallest absolute Gasteiger partial charge is 0.253 e. The lowest BCUT2D eigenvalue weighted by Gasteiger charge is -2.34. The van der Waals surface area contributed by atoms with Gasteiger partial charge >= 0.3 is 0 Å². The fourth-order valence-electron chi connectivity index (χ4n) is 3.50. The highest BCUT2D eigenvalue weighted by molar-refractivity contribution is 5.94. The quantitative estimate of drug-likeness (QED) is 0.827. The van der Waals surface area contributed by atoms with Crippen LogP contribution in [0.4, 0.5) is 0 Å². The van der Waals surface area contributed by atoms with Gasteiger partial charge in [0.1, 0.15) is 0 Å². The minimum absolute atomic E-state index is 0.0125. The minimum Gasteiger partial charge on any atom is -0.339 e. The van der Waals surface area contributed by atoms with Crippen LogP contribution in [0, 0.1) is 5.92 Å². The van der Waals surface area contributed by atoms with Crippen LogP contribution >= 0.6 is 0 Å². The Bertz CT molecular complexity index is 722. The van der Waals surface area contributed by atoms with E-state index in [2.05, 4.69) is 12.1 Å². The minimum atomic E-state index is 0.0125. The topological polar surface area (TPSA) is 40.6 Å². The molecule has 2 aromatic rings. The molecule has 0 N–H and O–H groups in total. The molecule has 2 amide bonds. The van der Waals surface area contributed by atoms with E-state index in [4.69, 9.17) is 0 Å². The number of carbonyl (C=O) groups is 2. The summed E-state index contributed by atoms with van der Waals surface area (Å²) in [6.45, 7) is 4.67. The summed E-state index contributed by atoms with van der Waals surface area (Å²) in [6, 6.07) is 19.5. The molecule has 1 saturated heterocycles. The van der Waals surface area contributed by atoms with Gasteiger partial charge in [0.25, 0.3) is 5.91 Å². The summed E-state index contributed by atoms with van der Waals surface area (Å²) in [5, 5.41) is 0. The van der Waals surface area contributed by atoms with Crippen molar-refractivity contribution in [2.75, 3.05) is 19.6 Å². The van der Waals surface area contributed by atoms with Crippen LogP contribution < -0.4 is 0 Å². The van der Waals surface area contributed by atoms with Crippen molar-refractivity contribution in [1.29, 1.82) is 0 Å². The van der Waals surface area contributed by atoms with Crippen molar-refractivity contribution in [3.8, 4) is 0 Å². The molecular formula is C22H26N2O2. The number of piperidine rings is 1. The second-order valence-corrected chi connectivity index (χ2v) is 6.77. The highest BCUT2D eigenvalue weighted by Gasteiger charge is 2.30. The van der Waals surface area contributed by atoms with Crippen LogP contribution in [0.15, 0.2) is 60.7 Å². The molecule has 4 heteroatoms. The van der Waals surface area contributed by atoms with E-state index in [-0.39, 0.29) is 17.7 Å². The fourth-order valence-corrected chi connectivity index (χ4v) is 3.50. The SMILES string of the molecule is CCN(Cc1ccccc1)C(=O)C1CCN(C(=O)c2ccccc2)CC1. The van der Waals surface area contributed by atoms with Crippen LogP contribution in [0.2, 0.25) is 0 Å². The molecular weight excluding hydrogens is 324 g/mol. The lowest BCUT2D eigenvalue weighted by atomic mass is 9.94. The van der Waals surface area contributed by atoms with Crippen LogP contribution in [0.1, 0.15) is 35.7 Å². The van der Waals surface area contributed by atoms with Crippen LogP contribution in [0.5, 0.6) is 0 Å². The summed E-state index contributed by atoms with van der Waals surface area (Å²) in [4.78, 5) is 29.2. The molecule has 1 aliphatic rings. The highest BCUT2D eigenvalue weighted by Crippen LogP contribution is 2.22. The van der Waals surface area contributed by atoms with Crippen molar-refractivity contribution in [3.05, 3.63) is 71.8 Å². The molecule has 0 aliphatic carbocycles.